The third kappa shape index (κ3) is 8.40. The summed E-state index contributed by atoms with van der Waals surface area (Å²) in [7, 11) is 0. The first-order valence-electron chi connectivity index (χ1n) is 15.2. The molecule has 3 aromatic rings. The van der Waals surface area contributed by atoms with Gasteiger partial charge in [0.15, 0.2) is 5.82 Å². The minimum atomic E-state index is -1.15. The van der Waals surface area contributed by atoms with Gasteiger partial charge in [-0.2, -0.15) is 0 Å². The van der Waals surface area contributed by atoms with E-state index < -0.39 is 24.0 Å². The van der Waals surface area contributed by atoms with E-state index in [0.717, 1.165) is 34.4 Å². The molecule has 1 aliphatic rings. The predicted molar refractivity (Wildman–Crippen MR) is 175 cm³/mol. The van der Waals surface area contributed by atoms with Crippen molar-refractivity contribution < 1.29 is 19.5 Å². The number of amides is 2. The molecule has 2 amide bonds. The molecule has 0 aliphatic heterocycles. The number of hydrogen-bond acceptors (Lipinski definition) is 6. The van der Waals surface area contributed by atoms with Gasteiger partial charge in [0.1, 0.15) is 12.1 Å². The maximum atomic E-state index is 13.1. The highest BCUT2D eigenvalue weighted by atomic mass is 32.1. The second kappa shape index (κ2) is 13.4. The van der Waals surface area contributed by atoms with E-state index in [-0.39, 0.29) is 17.7 Å². The van der Waals surface area contributed by atoms with E-state index in [2.05, 4.69) is 68.2 Å². The van der Waals surface area contributed by atoms with E-state index in [1.807, 2.05) is 42.7 Å². The van der Waals surface area contributed by atoms with Crippen LogP contribution < -0.4 is 10.6 Å². The Kier molecular flexibility index (Phi) is 10.1. The van der Waals surface area contributed by atoms with Crippen LogP contribution >= 0.6 is 11.3 Å². The first-order valence-corrected chi connectivity index (χ1v) is 16.0. The molecular weight excluding hydrogens is 572 g/mol. The van der Waals surface area contributed by atoms with Crippen LogP contribution in [0.2, 0.25) is 0 Å². The summed E-state index contributed by atoms with van der Waals surface area (Å²) in [6.45, 7) is 14.5. The molecule has 2 unspecified atom stereocenters. The van der Waals surface area contributed by atoms with E-state index in [0.29, 0.717) is 22.0 Å². The Balaban J connectivity index is 1.46. The highest BCUT2D eigenvalue weighted by molar-refractivity contribution is 7.14. The van der Waals surface area contributed by atoms with Crippen LogP contribution in [0.15, 0.2) is 54.9 Å². The summed E-state index contributed by atoms with van der Waals surface area (Å²) in [6, 6.07) is 9.15. The van der Waals surface area contributed by atoms with E-state index >= 15 is 0 Å². The minimum Gasteiger partial charge on any atom is -0.480 e. The zero-order chi connectivity index (χ0) is 32.2. The molecule has 0 radical (unpaired) electrons. The predicted octanol–water partition coefficient (Wildman–Crippen LogP) is 6.66. The molecule has 0 bridgehead atoms. The number of carbonyl (C=O) groups is 3. The highest BCUT2D eigenvalue weighted by Crippen LogP contribution is 2.39. The Labute approximate surface area is 264 Å². The third-order valence-electron chi connectivity index (χ3n) is 8.23. The number of benzene rings is 1. The number of thiophene rings is 1. The second-order valence-corrected chi connectivity index (χ2v) is 14.9. The van der Waals surface area contributed by atoms with Crippen molar-refractivity contribution in [3.63, 3.8) is 0 Å². The minimum absolute atomic E-state index is 0.106. The molecule has 9 heteroatoms. The third-order valence-corrected chi connectivity index (χ3v) is 9.74. The Morgan fingerprint density at radius 3 is 2.14 bits per heavy atom. The van der Waals surface area contributed by atoms with Crippen LogP contribution in [0.1, 0.15) is 93.4 Å². The fraction of sp³-hybridized carbons (Fsp3) is 0.457. The van der Waals surface area contributed by atoms with Crippen LogP contribution in [0.25, 0.3) is 17.0 Å². The molecule has 234 valence electrons. The average Bonchev–Trinajstić information content (AvgIpc) is 3.48. The van der Waals surface area contributed by atoms with E-state index in [4.69, 9.17) is 0 Å². The molecule has 2 aromatic heterocycles. The molecule has 4 rings (SSSR count). The maximum absolute atomic E-state index is 13.1. The van der Waals surface area contributed by atoms with Gasteiger partial charge in [-0.1, -0.05) is 71.9 Å². The number of carboxylic acid groups (broad SMARTS) is 1. The van der Waals surface area contributed by atoms with Gasteiger partial charge in [-0.25, -0.2) is 9.97 Å². The molecule has 44 heavy (non-hydrogen) atoms. The zero-order valence-corrected chi connectivity index (χ0v) is 27.5. The molecule has 3 atom stereocenters. The number of hydrogen-bond donors (Lipinski definition) is 3. The lowest BCUT2D eigenvalue weighted by Crippen LogP contribution is -2.51. The largest absolute Gasteiger partial charge is 0.480 e. The van der Waals surface area contributed by atoms with Crippen LogP contribution in [0.3, 0.4) is 0 Å². The van der Waals surface area contributed by atoms with Crippen LogP contribution in [0.5, 0.6) is 0 Å². The van der Waals surface area contributed by atoms with E-state index in [9.17, 15) is 19.5 Å². The first kappa shape index (κ1) is 33.1. The van der Waals surface area contributed by atoms with Crippen LogP contribution in [-0.2, 0) is 21.4 Å². The van der Waals surface area contributed by atoms with Gasteiger partial charge in [0, 0.05) is 34.8 Å². The van der Waals surface area contributed by atoms with Crippen LogP contribution in [0.4, 0.5) is 0 Å². The summed E-state index contributed by atoms with van der Waals surface area (Å²) < 4.78 is 0. The van der Waals surface area contributed by atoms with Crippen LogP contribution in [0, 0.1) is 11.3 Å². The molecule has 1 aliphatic carbocycles. The Bertz CT molecular complexity index is 1510. The van der Waals surface area contributed by atoms with Crippen molar-refractivity contribution in [1.82, 2.24) is 20.6 Å². The van der Waals surface area contributed by atoms with Crippen molar-refractivity contribution >= 4 is 34.7 Å². The molecule has 0 fully saturated rings. The fourth-order valence-corrected chi connectivity index (χ4v) is 6.20. The number of rotatable bonds is 9. The van der Waals surface area contributed by atoms with Crippen molar-refractivity contribution in [3.8, 4) is 11.4 Å². The van der Waals surface area contributed by atoms with Gasteiger partial charge >= 0.3 is 5.97 Å². The fourth-order valence-electron chi connectivity index (χ4n) is 5.23. The van der Waals surface area contributed by atoms with Crippen molar-refractivity contribution in [2.45, 2.75) is 91.6 Å². The standard InChI is InChI=1S/C35H44N4O4S/c1-21(33(42)43)38-31(40)27(39-32(41)28-16-17-29(44-28)35(5,6)7)18-22-8-10-24(11-9-22)30-36-19-25(20-37-30)23-12-14-26(15-13-23)34(2,3)4/h8-12,16-17,19-21,26-27H,13-15,18H2,1-7H3,(H,38,40)(H,39,41)(H,42,43)/t21?,26?,27-/m0/s1. The number of carbonyl (C=O) groups excluding carboxylic acids is 2. The molecule has 3 N–H and O–H groups in total. The molecule has 0 saturated carbocycles. The number of nitrogens with zero attached hydrogens (tertiary/aromatic N) is 2. The number of aliphatic carboxylic acids is 1. The SMILES string of the molecule is CC(NC(=O)[C@H](Cc1ccc(-c2ncc(C3=CCC(C(C)(C)C)CC3)cn2)cc1)NC(=O)c1ccc(C(C)(C)C)s1)C(=O)O. The first-order chi connectivity index (χ1) is 20.6. The molecular formula is C35H44N4O4S. The number of carboxylic acids is 1. The molecule has 1 aromatic carbocycles. The summed E-state index contributed by atoms with van der Waals surface area (Å²) in [5.74, 6) is -0.799. The van der Waals surface area contributed by atoms with Gasteiger partial charge in [0.05, 0.1) is 4.88 Å². The highest BCUT2D eigenvalue weighted by Gasteiger charge is 2.28. The molecule has 8 nitrogen and oxygen atoms in total. The van der Waals surface area contributed by atoms with Crippen molar-refractivity contribution in [2.24, 2.45) is 11.3 Å². The summed E-state index contributed by atoms with van der Waals surface area (Å²) in [6.07, 6.45) is 9.55. The quantitative estimate of drug-likeness (QED) is 0.247. The van der Waals surface area contributed by atoms with E-state index in [1.165, 1.54) is 30.3 Å². The summed E-state index contributed by atoms with van der Waals surface area (Å²) >= 11 is 1.38. The molecule has 0 spiro atoms. The average molecular weight is 617 g/mol. The summed E-state index contributed by atoms with van der Waals surface area (Å²) in [5, 5.41) is 14.6. The van der Waals surface area contributed by atoms with Crippen molar-refractivity contribution in [3.05, 3.63) is 75.7 Å². The number of nitrogens with one attached hydrogen (secondary N) is 2. The lowest BCUT2D eigenvalue weighted by atomic mass is 9.72. The second-order valence-electron chi connectivity index (χ2n) is 13.8. The summed E-state index contributed by atoms with van der Waals surface area (Å²) in [4.78, 5) is 48.4. The van der Waals surface area contributed by atoms with Gasteiger partial charge in [-0.05, 0) is 66.2 Å². The summed E-state index contributed by atoms with van der Waals surface area (Å²) in [5.41, 5.74) is 4.19. The smallest absolute Gasteiger partial charge is 0.325 e. The maximum Gasteiger partial charge on any atom is 0.325 e. The normalized spacial score (nSPS) is 16.9. The lowest BCUT2D eigenvalue weighted by molar-refractivity contribution is -0.141. The number of aromatic nitrogens is 2. The van der Waals surface area contributed by atoms with Gasteiger partial charge < -0.3 is 15.7 Å². The Hall–Kier alpha value is -3.85. The van der Waals surface area contributed by atoms with Crippen LogP contribution in [-0.4, -0.2) is 44.9 Å². The van der Waals surface area contributed by atoms with Crippen molar-refractivity contribution in [2.75, 3.05) is 0 Å². The monoisotopic (exact) mass is 616 g/mol. The number of allylic oxidation sites excluding steroid dienone is 2. The van der Waals surface area contributed by atoms with Gasteiger partial charge in [-0.3, -0.25) is 14.4 Å². The van der Waals surface area contributed by atoms with Crippen molar-refractivity contribution in [1.29, 1.82) is 0 Å². The van der Waals surface area contributed by atoms with Gasteiger partial charge in [-0.15, -0.1) is 11.3 Å². The molecule has 0 saturated heterocycles. The molecule has 2 heterocycles. The topological polar surface area (TPSA) is 121 Å². The van der Waals surface area contributed by atoms with Gasteiger partial charge in [0.2, 0.25) is 5.91 Å². The Morgan fingerprint density at radius 2 is 1.61 bits per heavy atom. The van der Waals surface area contributed by atoms with Gasteiger partial charge in [0.25, 0.3) is 5.91 Å². The lowest BCUT2D eigenvalue weighted by Gasteiger charge is -2.33. The zero-order valence-electron chi connectivity index (χ0n) is 26.7. The van der Waals surface area contributed by atoms with E-state index in [1.54, 1.807) is 6.07 Å². The Morgan fingerprint density at radius 1 is 0.955 bits per heavy atom.